The number of hydroxylamine groups is 1. The van der Waals surface area contributed by atoms with Crippen molar-refractivity contribution in [1.29, 1.82) is 0 Å². The van der Waals surface area contributed by atoms with Gasteiger partial charge in [0, 0.05) is 35.7 Å². The summed E-state index contributed by atoms with van der Waals surface area (Å²) >= 11 is 1.22. The third-order valence-electron chi connectivity index (χ3n) is 5.22. The van der Waals surface area contributed by atoms with E-state index in [1.54, 1.807) is 54.3 Å². The molecule has 1 unspecified atom stereocenters. The Hall–Kier alpha value is -4.28. The smallest absolute Gasteiger partial charge is 0.315 e. The summed E-state index contributed by atoms with van der Waals surface area (Å²) in [6.07, 6.45) is 3.59. The van der Waals surface area contributed by atoms with E-state index < -0.39 is 18.0 Å². The minimum Gasteiger partial charge on any atom is -0.334 e. The number of nitrogens with one attached hydrogen (secondary N) is 4. The van der Waals surface area contributed by atoms with Gasteiger partial charge in [-0.25, -0.2) is 10.3 Å². The lowest BCUT2D eigenvalue weighted by Gasteiger charge is -2.19. The zero-order valence-corrected chi connectivity index (χ0v) is 19.3. The van der Waals surface area contributed by atoms with Gasteiger partial charge in [0.1, 0.15) is 6.04 Å². The quantitative estimate of drug-likeness (QED) is 0.191. The highest BCUT2D eigenvalue weighted by Gasteiger charge is 2.22. The van der Waals surface area contributed by atoms with Crippen molar-refractivity contribution < 1.29 is 19.6 Å². The average molecular weight is 490 g/mol. The maximum atomic E-state index is 13.2. The Bertz CT molecular complexity index is 1330. The number of carbonyl (C=O) groups is 3. The predicted octanol–water partition coefficient (Wildman–Crippen LogP) is 3.46. The molecule has 0 radical (unpaired) electrons. The summed E-state index contributed by atoms with van der Waals surface area (Å²) in [7, 11) is 0. The molecule has 0 spiro atoms. The van der Waals surface area contributed by atoms with Gasteiger partial charge in [0.2, 0.25) is 5.91 Å². The zero-order chi connectivity index (χ0) is 24.6. The van der Waals surface area contributed by atoms with Gasteiger partial charge in [-0.3, -0.25) is 19.8 Å². The number of fused-ring (bicyclic) bond motifs is 1. The van der Waals surface area contributed by atoms with Crippen LogP contribution in [0.25, 0.3) is 10.1 Å². The van der Waals surface area contributed by atoms with E-state index >= 15 is 0 Å². The van der Waals surface area contributed by atoms with Crippen molar-refractivity contribution in [3.8, 4) is 0 Å². The van der Waals surface area contributed by atoms with Crippen LogP contribution in [-0.4, -0.2) is 34.1 Å². The molecule has 9 nitrogen and oxygen atoms in total. The van der Waals surface area contributed by atoms with Crippen molar-refractivity contribution >= 4 is 45.0 Å². The Labute approximate surface area is 205 Å². The minimum atomic E-state index is -0.830. The van der Waals surface area contributed by atoms with Gasteiger partial charge in [-0.1, -0.05) is 30.3 Å². The normalized spacial score (nSPS) is 11.5. The third kappa shape index (κ3) is 6.40. The van der Waals surface area contributed by atoms with Crippen LogP contribution in [0.5, 0.6) is 0 Å². The first kappa shape index (κ1) is 23.9. The first-order chi connectivity index (χ1) is 17.0. The van der Waals surface area contributed by atoms with Crippen molar-refractivity contribution in [2.24, 2.45) is 0 Å². The van der Waals surface area contributed by atoms with E-state index in [4.69, 9.17) is 5.21 Å². The molecular weight excluding hydrogens is 466 g/mol. The van der Waals surface area contributed by atoms with Crippen LogP contribution in [0, 0.1) is 0 Å². The summed E-state index contributed by atoms with van der Waals surface area (Å²) in [5.74, 6) is -0.975. The number of carbonyl (C=O) groups excluding carboxylic acids is 3. The molecule has 4 rings (SSSR count). The molecule has 0 bridgehead atoms. The number of rotatable bonds is 8. The molecule has 4 amide bonds. The molecular formula is C25H23N5O4S. The molecule has 2 heterocycles. The largest absolute Gasteiger partial charge is 0.334 e. The second-order valence-electron chi connectivity index (χ2n) is 7.72. The summed E-state index contributed by atoms with van der Waals surface area (Å²) in [6, 6.07) is 18.6. The fourth-order valence-corrected chi connectivity index (χ4v) is 4.40. The Morgan fingerprint density at radius 3 is 2.46 bits per heavy atom. The predicted molar refractivity (Wildman–Crippen MR) is 133 cm³/mol. The number of aromatic nitrogens is 1. The van der Waals surface area contributed by atoms with E-state index in [2.05, 4.69) is 20.9 Å². The molecule has 5 N–H and O–H groups in total. The lowest BCUT2D eigenvalue weighted by Crippen LogP contribution is -2.49. The maximum Gasteiger partial charge on any atom is 0.315 e. The highest BCUT2D eigenvalue weighted by atomic mass is 32.1. The fourth-order valence-electron chi connectivity index (χ4n) is 3.47. The first-order valence-electron chi connectivity index (χ1n) is 10.8. The van der Waals surface area contributed by atoms with Crippen molar-refractivity contribution in [2.45, 2.75) is 19.0 Å². The van der Waals surface area contributed by atoms with Crippen molar-refractivity contribution in [3.05, 3.63) is 95.1 Å². The van der Waals surface area contributed by atoms with Gasteiger partial charge in [0.05, 0.1) is 4.88 Å². The molecule has 35 heavy (non-hydrogen) atoms. The Morgan fingerprint density at radius 1 is 0.943 bits per heavy atom. The standard InChI is InChI=1S/C25H23N5O4S/c31-23(28-19-6-7-21-18(13-19)14-22(35-21)24(32)30-34)20(12-16-4-2-1-3-5-16)29-25(33)27-15-17-8-10-26-11-9-17/h1-11,13-14,20,34H,12,15H2,(H,28,31)(H,30,32)(H2,27,29,33). The van der Waals surface area contributed by atoms with Crippen molar-refractivity contribution in [2.75, 3.05) is 5.32 Å². The number of urea groups is 1. The van der Waals surface area contributed by atoms with Crippen molar-refractivity contribution in [1.82, 2.24) is 21.1 Å². The number of benzene rings is 2. The van der Waals surface area contributed by atoms with Crippen LogP contribution in [0.4, 0.5) is 10.5 Å². The molecule has 2 aromatic heterocycles. The number of thiophene rings is 1. The van der Waals surface area contributed by atoms with E-state index in [1.807, 2.05) is 30.3 Å². The number of nitrogens with zero attached hydrogens (tertiary/aromatic N) is 1. The Kier molecular flexibility index (Phi) is 7.66. The van der Waals surface area contributed by atoms with E-state index in [9.17, 15) is 14.4 Å². The van der Waals surface area contributed by atoms with Crippen LogP contribution in [0.1, 0.15) is 20.8 Å². The van der Waals surface area contributed by atoms with Crippen LogP contribution < -0.4 is 21.4 Å². The molecule has 0 fully saturated rings. The number of hydrogen-bond acceptors (Lipinski definition) is 6. The molecule has 178 valence electrons. The molecule has 2 aromatic carbocycles. The van der Waals surface area contributed by atoms with Crippen LogP contribution in [0.15, 0.2) is 79.1 Å². The topological polar surface area (TPSA) is 132 Å². The van der Waals surface area contributed by atoms with Gasteiger partial charge in [0.15, 0.2) is 0 Å². The third-order valence-corrected chi connectivity index (χ3v) is 6.33. The summed E-state index contributed by atoms with van der Waals surface area (Å²) in [6.45, 7) is 0.298. The Morgan fingerprint density at radius 2 is 1.71 bits per heavy atom. The highest BCUT2D eigenvalue weighted by molar-refractivity contribution is 7.20. The molecule has 0 aliphatic heterocycles. The molecule has 0 aliphatic carbocycles. The van der Waals surface area contributed by atoms with E-state index in [0.717, 1.165) is 21.2 Å². The number of anilines is 1. The summed E-state index contributed by atoms with van der Waals surface area (Å²) < 4.78 is 0.830. The number of hydrogen-bond donors (Lipinski definition) is 5. The van der Waals surface area contributed by atoms with Crippen LogP contribution in [-0.2, 0) is 17.8 Å². The van der Waals surface area contributed by atoms with Crippen LogP contribution >= 0.6 is 11.3 Å². The molecule has 10 heteroatoms. The monoisotopic (exact) mass is 489 g/mol. The Balaban J connectivity index is 1.47. The molecule has 0 aliphatic rings. The molecule has 0 saturated heterocycles. The second kappa shape index (κ2) is 11.2. The number of amides is 4. The van der Waals surface area contributed by atoms with Crippen LogP contribution in [0.2, 0.25) is 0 Å². The van der Waals surface area contributed by atoms with Crippen molar-refractivity contribution in [3.63, 3.8) is 0 Å². The van der Waals surface area contributed by atoms with Gasteiger partial charge in [-0.2, -0.15) is 0 Å². The summed E-state index contributed by atoms with van der Waals surface area (Å²) in [4.78, 5) is 41.7. The first-order valence-corrected chi connectivity index (χ1v) is 11.6. The zero-order valence-electron chi connectivity index (χ0n) is 18.5. The summed E-state index contributed by atoms with van der Waals surface area (Å²) in [5.41, 5.74) is 3.92. The molecule has 4 aromatic rings. The number of pyridine rings is 1. The molecule has 1 atom stereocenters. The average Bonchev–Trinajstić information content (AvgIpc) is 3.31. The second-order valence-corrected chi connectivity index (χ2v) is 8.80. The van der Waals surface area contributed by atoms with Crippen LogP contribution in [0.3, 0.4) is 0 Å². The highest BCUT2D eigenvalue weighted by Crippen LogP contribution is 2.28. The van der Waals surface area contributed by atoms with Gasteiger partial charge >= 0.3 is 6.03 Å². The van der Waals surface area contributed by atoms with Gasteiger partial charge < -0.3 is 16.0 Å². The molecule has 0 saturated carbocycles. The van der Waals surface area contributed by atoms with Gasteiger partial charge in [-0.05, 0) is 52.9 Å². The van der Waals surface area contributed by atoms with Gasteiger partial charge in [0.25, 0.3) is 5.91 Å². The summed E-state index contributed by atoms with van der Waals surface area (Å²) in [5, 5.41) is 18.0. The van der Waals surface area contributed by atoms with E-state index in [0.29, 0.717) is 23.5 Å². The van der Waals surface area contributed by atoms with E-state index in [1.165, 1.54) is 11.3 Å². The SMILES string of the molecule is O=C(NCc1ccncc1)NC(Cc1ccccc1)C(=O)Nc1ccc2sc(C(=O)NO)cc2c1. The lowest BCUT2D eigenvalue weighted by atomic mass is 10.1. The van der Waals surface area contributed by atoms with Gasteiger partial charge in [-0.15, -0.1) is 11.3 Å². The minimum absolute atomic E-state index is 0.298. The maximum absolute atomic E-state index is 13.2. The fraction of sp³-hybridized carbons (Fsp3) is 0.120. The van der Waals surface area contributed by atoms with E-state index in [-0.39, 0.29) is 5.91 Å². The lowest BCUT2D eigenvalue weighted by molar-refractivity contribution is -0.117.